The molecule has 0 atom stereocenters. The summed E-state index contributed by atoms with van der Waals surface area (Å²) in [5.74, 6) is -0.546. The van der Waals surface area contributed by atoms with Gasteiger partial charge in [0.15, 0.2) is 11.5 Å². The highest BCUT2D eigenvalue weighted by Gasteiger charge is 2.11. The highest BCUT2D eigenvalue weighted by atomic mass is 16.5. The Bertz CT molecular complexity index is 324. The van der Waals surface area contributed by atoms with Gasteiger partial charge in [-0.3, -0.25) is 4.90 Å². The molecule has 0 bridgehead atoms. The molecule has 6 heteroatoms. The molecule has 0 aliphatic heterocycles. The molecule has 0 aliphatic rings. The zero-order valence-electron chi connectivity index (χ0n) is 8.77. The van der Waals surface area contributed by atoms with Gasteiger partial charge in [0.2, 0.25) is 0 Å². The summed E-state index contributed by atoms with van der Waals surface area (Å²) in [5.41, 5.74) is -0.0647. The van der Waals surface area contributed by atoms with E-state index in [4.69, 9.17) is 14.4 Å². The molecule has 84 valence electrons. The van der Waals surface area contributed by atoms with Gasteiger partial charge in [-0.05, 0) is 7.05 Å². The summed E-state index contributed by atoms with van der Waals surface area (Å²) in [6, 6.07) is 1.42. The number of methoxy groups -OCH3 is 1. The predicted octanol–water partition coefficient (Wildman–Crippen LogP) is 0.451. The fraction of sp³-hybridized carbons (Fsp3) is 0.556. The van der Waals surface area contributed by atoms with E-state index in [9.17, 15) is 4.79 Å². The van der Waals surface area contributed by atoms with E-state index in [2.05, 4.69) is 5.16 Å². The molecule has 0 saturated heterocycles. The fourth-order valence-corrected chi connectivity index (χ4v) is 1.08. The van der Waals surface area contributed by atoms with E-state index in [1.165, 1.54) is 6.07 Å². The van der Waals surface area contributed by atoms with Crippen molar-refractivity contribution in [3.05, 3.63) is 17.5 Å². The van der Waals surface area contributed by atoms with Crippen LogP contribution in [0.2, 0.25) is 0 Å². The van der Waals surface area contributed by atoms with E-state index < -0.39 is 5.97 Å². The molecule has 0 amide bonds. The van der Waals surface area contributed by atoms with E-state index >= 15 is 0 Å². The largest absolute Gasteiger partial charge is 0.476 e. The van der Waals surface area contributed by atoms with Crippen LogP contribution < -0.4 is 0 Å². The summed E-state index contributed by atoms with van der Waals surface area (Å²) < 4.78 is 9.77. The van der Waals surface area contributed by atoms with Crippen LogP contribution in [0.1, 0.15) is 16.2 Å². The number of aromatic carboxylic acids is 1. The van der Waals surface area contributed by atoms with Crippen molar-refractivity contribution >= 4 is 5.97 Å². The zero-order valence-corrected chi connectivity index (χ0v) is 8.77. The topological polar surface area (TPSA) is 75.8 Å². The monoisotopic (exact) mass is 214 g/mol. The van der Waals surface area contributed by atoms with Crippen LogP contribution in [-0.4, -0.2) is 48.4 Å². The summed E-state index contributed by atoms with van der Waals surface area (Å²) in [5, 5.41) is 12.0. The number of carboxylic acid groups (broad SMARTS) is 1. The molecule has 0 saturated carbocycles. The molecule has 0 spiro atoms. The summed E-state index contributed by atoms with van der Waals surface area (Å²) in [6.45, 7) is 1.89. The second kappa shape index (κ2) is 5.47. The van der Waals surface area contributed by atoms with Crippen molar-refractivity contribution in [1.82, 2.24) is 10.1 Å². The minimum absolute atomic E-state index is 0.0647. The number of ether oxygens (including phenoxy) is 1. The number of likely N-dealkylation sites (N-methyl/N-ethyl adjacent to an activating group) is 1. The van der Waals surface area contributed by atoms with Crippen LogP contribution in [0.4, 0.5) is 0 Å². The highest BCUT2D eigenvalue weighted by molar-refractivity contribution is 5.85. The Morgan fingerprint density at radius 3 is 3.00 bits per heavy atom. The molecular weight excluding hydrogens is 200 g/mol. The van der Waals surface area contributed by atoms with Crippen LogP contribution in [0.15, 0.2) is 10.6 Å². The smallest absolute Gasteiger partial charge is 0.358 e. The van der Waals surface area contributed by atoms with Crippen LogP contribution in [-0.2, 0) is 11.3 Å². The van der Waals surface area contributed by atoms with Crippen molar-refractivity contribution in [2.45, 2.75) is 6.54 Å². The van der Waals surface area contributed by atoms with Gasteiger partial charge in [0, 0.05) is 19.7 Å². The van der Waals surface area contributed by atoms with Gasteiger partial charge < -0.3 is 14.4 Å². The van der Waals surface area contributed by atoms with E-state index in [-0.39, 0.29) is 5.69 Å². The quantitative estimate of drug-likeness (QED) is 0.741. The first-order valence-electron chi connectivity index (χ1n) is 4.50. The molecule has 1 aromatic heterocycles. The van der Waals surface area contributed by atoms with Gasteiger partial charge in [0.1, 0.15) is 0 Å². The summed E-state index contributed by atoms with van der Waals surface area (Å²) in [6.07, 6.45) is 0. The average Bonchev–Trinajstić information content (AvgIpc) is 2.63. The Morgan fingerprint density at radius 1 is 1.73 bits per heavy atom. The molecule has 0 aromatic carbocycles. The highest BCUT2D eigenvalue weighted by Crippen LogP contribution is 2.05. The molecule has 1 N–H and O–H groups in total. The minimum atomic E-state index is -1.08. The number of aromatic nitrogens is 1. The summed E-state index contributed by atoms with van der Waals surface area (Å²) in [7, 11) is 3.52. The molecule has 0 radical (unpaired) electrons. The molecule has 0 unspecified atom stereocenters. The first-order chi connectivity index (χ1) is 7.13. The normalized spacial score (nSPS) is 10.9. The van der Waals surface area contributed by atoms with E-state index in [1.54, 1.807) is 7.11 Å². The second-order valence-electron chi connectivity index (χ2n) is 3.21. The molecule has 15 heavy (non-hydrogen) atoms. The molecule has 1 rings (SSSR count). The van der Waals surface area contributed by atoms with Crippen molar-refractivity contribution in [2.75, 3.05) is 27.3 Å². The third-order valence-electron chi connectivity index (χ3n) is 1.88. The van der Waals surface area contributed by atoms with Crippen LogP contribution in [0.3, 0.4) is 0 Å². The number of carbonyl (C=O) groups is 1. The van der Waals surface area contributed by atoms with Crippen molar-refractivity contribution in [1.29, 1.82) is 0 Å². The maximum absolute atomic E-state index is 10.5. The lowest BCUT2D eigenvalue weighted by molar-refractivity contribution is 0.0685. The number of nitrogens with zero attached hydrogens (tertiary/aromatic N) is 2. The van der Waals surface area contributed by atoms with Gasteiger partial charge in [-0.1, -0.05) is 5.16 Å². The van der Waals surface area contributed by atoms with Gasteiger partial charge in [-0.2, -0.15) is 0 Å². The van der Waals surface area contributed by atoms with Gasteiger partial charge in [0.25, 0.3) is 0 Å². The lowest BCUT2D eigenvalue weighted by atomic mass is 10.3. The molecule has 0 fully saturated rings. The zero-order chi connectivity index (χ0) is 11.3. The fourth-order valence-electron chi connectivity index (χ4n) is 1.08. The van der Waals surface area contributed by atoms with Crippen molar-refractivity contribution in [3.8, 4) is 0 Å². The van der Waals surface area contributed by atoms with Crippen LogP contribution in [0.5, 0.6) is 0 Å². The number of hydrogen-bond donors (Lipinski definition) is 1. The first kappa shape index (κ1) is 11.7. The average molecular weight is 214 g/mol. The molecule has 0 aliphatic carbocycles. The minimum Gasteiger partial charge on any atom is -0.476 e. The van der Waals surface area contributed by atoms with Crippen molar-refractivity contribution < 1.29 is 19.2 Å². The Labute approximate surface area is 87.4 Å². The Balaban J connectivity index is 2.46. The summed E-state index contributed by atoms with van der Waals surface area (Å²) in [4.78, 5) is 12.5. The molecule has 1 aromatic rings. The Morgan fingerprint density at radius 2 is 2.47 bits per heavy atom. The Kier molecular flexibility index (Phi) is 4.26. The maximum atomic E-state index is 10.5. The van der Waals surface area contributed by atoms with Gasteiger partial charge in [-0.25, -0.2) is 4.79 Å². The van der Waals surface area contributed by atoms with Crippen molar-refractivity contribution in [2.24, 2.45) is 0 Å². The van der Waals surface area contributed by atoms with E-state index in [1.807, 2.05) is 11.9 Å². The van der Waals surface area contributed by atoms with Crippen LogP contribution in [0, 0.1) is 0 Å². The maximum Gasteiger partial charge on any atom is 0.358 e. The Hall–Kier alpha value is -1.40. The van der Waals surface area contributed by atoms with Gasteiger partial charge in [-0.15, -0.1) is 0 Å². The molecular formula is C9H14N2O4. The number of carboxylic acids is 1. The third kappa shape index (κ3) is 3.69. The van der Waals surface area contributed by atoms with Crippen LogP contribution >= 0.6 is 0 Å². The van der Waals surface area contributed by atoms with Crippen LogP contribution in [0.25, 0.3) is 0 Å². The second-order valence-corrected chi connectivity index (χ2v) is 3.21. The van der Waals surface area contributed by atoms with Crippen molar-refractivity contribution in [3.63, 3.8) is 0 Å². The third-order valence-corrected chi connectivity index (χ3v) is 1.88. The lowest BCUT2D eigenvalue weighted by Crippen LogP contribution is -2.21. The predicted molar refractivity (Wildman–Crippen MR) is 51.7 cm³/mol. The van der Waals surface area contributed by atoms with Gasteiger partial charge >= 0.3 is 5.97 Å². The molecule has 6 nitrogen and oxygen atoms in total. The SMILES string of the molecule is COCCN(C)Cc1cc(C(=O)O)no1. The lowest BCUT2D eigenvalue weighted by Gasteiger charge is -2.13. The summed E-state index contributed by atoms with van der Waals surface area (Å²) >= 11 is 0. The van der Waals surface area contributed by atoms with E-state index in [0.717, 1.165) is 6.54 Å². The van der Waals surface area contributed by atoms with Gasteiger partial charge in [0.05, 0.1) is 13.2 Å². The standard InChI is InChI=1S/C9H14N2O4/c1-11(3-4-14-2)6-7-5-8(9(12)13)10-15-7/h5H,3-4,6H2,1-2H3,(H,12,13). The number of hydrogen-bond acceptors (Lipinski definition) is 5. The number of rotatable bonds is 6. The molecule has 1 heterocycles. The van der Waals surface area contributed by atoms with E-state index in [0.29, 0.717) is 18.9 Å². The first-order valence-corrected chi connectivity index (χ1v) is 4.50.